The molecule has 0 amide bonds. The van der Waals surface area contributed by atoms with Crippen molar-refractivity contribution in [3.63, 3.8) is 0 Å². The quantitative estimate of drug-likeness (QED) is 0.509. The first-order chi connectivity index (χ1) is 8.99. The zero-order valence-electron chi connectivity index (χ0n) is 11.4. The van der Waals surface area contributed by atoms with Gasteiger partial charge in [0.05, 0.1) is 4.92 Å². The average molecular weight is 264 g/mol. The molecular weight excluding hydrogens is 244 g/mol. The van der Waals surface area contributed by atoms with Gasteiger partial charge in [0.15, 0.2) is 0 Å². The summed E-state index contributed by atoms with van der Waals surface area (Å²) < 4.78 is 0. The largest absolute Gasteiger partial charge is 0.393 e. The highest BCUT2D eigenvalue weighted by Gasteiger charge is 2.26. The van der Waals surface area contributed by atoms with E-state index in [4.69, 9.17) is 5.73 Å². The van der Waals surface area contributed by atoms with Crippen LogP contribution >= 0.6 is 0 Å². The first-order valence-corrected chi connectivity index (χ1v) is 6.44. The Labute approximate surface area is 112 Å². The van der Waals surface area contributed by atoms with Gasteiger partial charge in [-0.3, -0.25) is 10.1 Å². The molecule has 0 aliphatic carbocycles. The first kappa shape index (κ1) is 13.6. The number of nitro groups is 1. The number of hydrogen-bond donors (Lipinski definition) is 1. The maximum absolute atomic E-state index is 10.8. The van der Waals surface area contributed by atoms with E-state index in [2.05, 4.69) is 23.9 Å². The van der Waals surface area contributed by atoms with Gasteiger partial charge in [-0.05, 0) is 39.1 Å². The van der Waals surface area contributed by atoms with Crippen LogP contribution in [-0.4, -0.2) is 43.0 Å². The molecule has 1 heterocycles. The Kier molecular flexibility index (Phi) is 3.90. The maximum Gasteiger partial charge on any atom is 0.292 e. The molecule has 1 unspecified atom stereocenters. The lowest BCUT2D eigenvalue weighted by Crippen LogP contribution is -2.37. The Morgan fingerprint density at radius 3 is 2.84 bits per heavy atom. The minimum Gasteiger partial charge on any atom is -0.393 e. The summed E-state index contributed by atoms with van der Waals surface area (Å²) in [6, 6.07) is 5.46. The summed E-state index contributed by atoms with van der Waals surface area (Å²) in [6.07, 6.45) is 2.30. The summed E-state index contributed by atoms with van der Waals surface area (Å²) in [4.78, 5) is 14.8. The number of nitrogens with zero attached hydrogens (tertiary/aromatic N) is 3. The van der Waals surface area contributed by atoms with Crippen LogP contribution in [0.15, 0.2) is 18.2 Å². The van der Waals surface area contributed by atoms with Gasteiger partial charge >= 0.3 is 0 Å². The molecule has 0 saturated carbocycles. The van der Waals surface area contributed by atoms with E-state index in [0.29, 0.717) is 6.04 Å². The predicted molar refractivity (Wildman–Crippen MR) is 76.4 cm³/mol. The summed E-state index contributed by atoms with van der Waals surface area (Å²) in [7, 11) is 4.11. The first-order valence-electron chi connectivity index (χ1n) is 6.44. The molecule has 0 bridgehead atoms. The van der Waals surface area contributed by atoms with Gasteiger partial charge in [0.2, 0.25) is 0 Å². The summed E-state index contributed by atoms with van der Waals surface area (Å²) in [5.74, 6) is 0. The van der Waals surface area contributed by atoms with Crippen molar-refractivity contribution in [2.24, 2.45) is 0 Å². The third-order valence-corrected chi connectivity index (χ3v) is 3.49. The Bertz CT molecular complexity index is 476. The molecule has 1 aromatic rings. The van der Waals surface area contributed by atoms with Gasteiger partial charge in [-0.15, -0.1) is 0 Å². The fourth-order valence-corrected chi connectivity index (χ4v) is 2.67. The molecular formula is C13H20N4O2. The number of nitrogen functional groups attached to an aromatic ring is 1. The number of anilines is 2. The van der Waals surface area contributed by atoms with Gasteiger partial charge in [-0.2, -0.15) is 0 Å². The molecule has 6 heteroatoms. The van der Waals surface area contributed by atoms with Crippen LogP contribution in [0.25, 0.3) is 0 Å². The van der Waals surface area contributed by atoms with Crippen molar-refractivity contribution >= 4 is 17.1 Å². The van der Waals surface area contributed by atoms with Crippen molar-refractivity contribution in [1.29, 1.82) is 0 Å². The Hall–Kier alpha value is -1.82. The van der Waals surface area contributed by atoms with Gasteiger partial charge in [0.1, 0.15) is 5.69 Å². The SMILES string of the molecule is CN(C)CC1CCCN1c1ccc([N+](=O)[O-])c(N)c1. The summed E-state index contributed by atoms with van der Waals surface area (Å²) >= 11 is 0. The molecule has 0 aromatic heterocycles. The summed E-state index contributed by atoms with van der Waals surface area (Å²) in [5.41, 5.74) is 6.95. The zero-order valence-corrected chi connectivity index (χ0v) is 11.4. The standard InChI is InChI=1S/C13H20N4O2/c1-15(2)9-11-4-3-7-16(11)10-5-6-13(17(18)19)12(14)8-10/h5-6,8,11H,3-4,7,9,14H2,1-2H3. The van der Waals surface area contributed by atoms with Crippen molar-refractivity contribution < 1.29 is 4.92 Å². The lowest BCUT2D eigenvalue weighted by Gasteiger charge is -2.29. The van der Waals surface area contributed by atoms with Crippen LogP contribution in [-0.2, 0) is 0 Å². The van der Waals surface area contributed by atoms with E-state index in [0.717, 1.165) is 31.6 Å². The van der Waals surface area contributed by atoms with E-state index >= 15 is 0 Å². The lowest BCUT2D eigenvalue weighted by atomic mass is 10.2. The topological polar surface area (TPSA) is 75.6 Å². The molecule has 2 N–H and O–H groups in total. The maximum atomic E-state index is 10.8. The molecule has 0 radical (unpaired) electrons. The third-order valence-electron chi connectivity index (χ3n) is 3.49. The number of nitro benzene ring substituents is 1. The number of benzene rings is 1. The molecule has 0 spiro atoms. The highest BCUT2D eigenvalue weighted by molar-refractivity contribution is 5.67. The second-order valence-electron chi connectivity index (χ2n) is 5.25. The Morgan fingerprint density at radius 1 is 1.53 bits per heavy atom. The lowest BCUT2D eigenvalue weighted by molar-refractivity contribution is -0.383. The van der Waals surface area contributed by atoms with Crippen LogP contribution in [0.3, 0.4) is 0 Å². The summed E-state index contributed by atoms with van der Waals surface area (Å²) in [6.45, 7) is 1.96. The van der Waals surface area contributed by atoms with Gasteiger partial charge in [-0.1, -0.05) is 0 Å². The fourth-order valence-electron chi connectivity index (χ4n) is 2.67. The molecule has 104 valence electrons. The van der Waals surface area contributed by atoms with Crippen molar-refractivity contribution in [3.8, 4) is 0 Å². The number of likely N-dealkylation sites (N-methyl/N-ethyl adjacent to an activating group) is 1. The van der Waals surface area contributed by atoms with E-state index in [9.17, 15) is 10.1 Å². The van der Waals surface area contributed by atoms with Gasteiger partial charge in [0, 0.05) is 30.9 Å². The van der Waals surface area contributed by atoms with Crippen LogP contribution in [0.1, 0.15) is 12.8 Å². The number of rotatable bonds is 4. The van der Waals surface area contributed by atoms with Crippen LogP contribution in [0.2, 0.25) is 0 Å². The van der Waals surface area contributed by atoms with Gasteiger partial charge in [0.25, 0.3) is 5.69 Å². The normalized spacial score (nSPS) is 19.1. The fraction of sp³-hybridized carbons (Fsp3) is 0.538. The van der Waals surface area contributed by atoms with Crippen LogP contribution < -0.4 is 10.6 Å². The predicted octanol–water partition coefficient (Wildman–Crippen LogP) is 1.71. The molecule has 6 nitrogen and oxygen atoms in total. The van der Waals surface area contributed by atoms with E-state index in [1.165, 1.54) is 6.07 Å². The van der Waals surface area contributed by atoms with Gasteiger partial charge < -0.3 is 15.5 Å². The van der Waals surface area contributed by atoms with E-state index in [1.54, 1.807) is 12.1 Å². The second kappa shape index (κ2) is 5.44. The molecule has 2 rings (SSSR count). The van der Waals surface area contributed by atoms with Crippen molar-refractivity contribution in [2.75, 3.05) is 37.8 Å². The Morgan fingerprint density at radius 2 is 2.26 bits per heavy atom. The zero-order chi connectivity index (χ0) is 14.0. The van der Waals surface area contributed by atoms with Crippen LogP contribution in [0.5, 0.6) is 0 Å². The third kappa shape index (κ3) is 2.96. The average Bonchev–Trinajstić information content (AvgIpc) is 2.75. The smallest absolute Gasteiger partial charge is 0.292 e. The molecule has 1 aliphatic heterocycles. The van der Waals surface area contributed by atoms with Crippen molar-refractivity contribution in [3.05, 3.63) is 28.3 Å². The minimum atomic E-state index is -0.444. The minimum absolute atomic E-state index is 0.0212. The Balaban J connectivity index is 2.21. The molecule has 19 heavy (non-hydrogen) atoms. The van der Waals surface area contributed by atoms with Gasteiger partial charge in [-0.25, -0.2) is 0 Å². The van der Waals surface area contributed by atoms with Crippen LogP contribution in [0, 0.1) is 10.1 Å². The summed E-state index contributed by atoms with van der Waals surface area (Å²) in [5, 5.41) is 10.8. The molecule has 1 atom stereocenters. The van der Waals surface area contributed by atoms with Crippen molar-refractivity contribution in [1.82, 2.24) is 4.90 Å². The molecule has 1 saturated heterocycles. The highest BCUT2D eigenvalue weighted by Crippen LogP contribution is 2.31. The molecule has 1 aromatic carbocycles. The second-order valence-corrected chi connectivity index (χ2v) is 5.25. The number of nitrogens with two attached hydrogens (primary N) is 1. The molecule has 1 fully saturated rings. The molecule has 1 aliphatic rings. The van der Waals surface area contributed by atoms with E-state index < -0.39 is 4.92 Å². The highest BCUT2D eigenvalue weighted by atomic mass is 16.6. The van der Waals surface area contributed by atoms with E-state index in [1.807, 2.05) is 0 Å². The monoisotopic (exact) mass is 264 g/mol. The van der Waals surface area contributed by atoms with Crippen molar-refractivity contribution in [2.45, 2.75) is 18.9 Å². The number of hydrogen-bond acceptors (Lipinski definition) is 5. The van der Waals surface area contributed by atoms with Crippen LogP contribution in [0.4, 0.5) is 17.1 Å². The van der Waals surface area contributed by atoms with E-state index in [-0.39, 0.29) is 11.4 Å².